The summed E-state index contributed by atoms with van der Waals surface area (Å²) in [5.74, 6) is -5.55. The number of ketones is 1. The Morgan fingerprint density at radius 2 is 1.68 bits per heavy atom. The van der Waals surface area contributed by atoms with Gasteiger partial charge in [0.15, 0.2) is 5.78 Å². The molecule has 0 aliphatic heterocycles. The summed E-state index contributed by atoms with van der Waals surface area (Å²) in [6.07, 6.45) is -5.82. The van der Waals surface area contributed by atoms with Crippen LogP contribution < -0.4 is 5.32 Å². The van der Waals surface area contributed by atoms with Gasteiger partial charge in [-0.2, -0.15) is 27.1 Å². The highest BCUT2D eigenvalue weighted by Gasteiger charge is 2.47. The SMILES string of the molecule is Cn1nc(C(C)(F)F)c(C(F)(F)F)c1C(=O)Cc1ccc(Cl)c(C(=O)NCc2ccccc2)c1. The van der Waals surface area contributed by atoms with E-state index >= 15 is 0 Å². The molecular weight excluding hydrogens is 481 g/mol. The molecule has 0 atom stereocenters. The summed E-state index contributed by atoms with van der Waals surface area (Å²) in [4.78, 5) is 25.4. The van der Waals surface area contributed by atoms with Crippen LogP contribution in [0.4, 0.5) is 22.0 Å². The van der Waals surface area contributed by atoms with E-state index in [1.165, 1.54) is 18.2 Å². The van der Waals surface area contributed by atoms with Crippen molar-refractivity contribution in [2.24, 2.45) is 7.05 Å². The molecule has 0 aliphatic carbocycles. The van der Waals surface area contributed by atoms with Gasteiger partial charge in [0.25, 0.3) is 11.8 Å². The van der Waals surface area contributed by atoms with Gasteiger partial charge in [0.2, 0.25) is 0 Å². The van der Waals surface area contributed by atoms with E-state index in [0.29, 0.717) is 4.68 Å². The lowest BCUT2D eigenvalue weighted by Crippen LogP contribution is -2.23. The van der Waals surface area contributed by atoms with E-state index in [9.17, 15) is 31.5 Å². The number of aromatic nitrogens is 2. The zero-order valence-corrected chi connectivity index (χ0v) is 18.8. The number of aryl methyl sites for hydroxylation is 1. The fourth-order valence-electron chi connectivity index (χ4n) is 3.42. The molecule has 0 unspecified atom stereocenters. The molecule has 3 aromatic rings. The molecule has 11 heteroatoms. The molecule has 180 valence electrons. The maximum atomic E-state index is 13.8. The highest BCUT2D eigenvalue weighted by atomic mass is 35.5. The normalized spacial score (nSPS) is 12.0. The van der Waals surface area contributed by atoms with E-state index in [0.717, 1.165) is 12.6 Å². The Labute approximate surface area is 196 Å². The van der Waals surface area contributed by atoms with E-state index < -0.39 is 47.2 Å². The second-order valence-corrected chi connectivity index (χ2v) is 8.07. The maximum absolute atomic E-state index is 13.8. The first-order chi connectivity index (χ1) is 15.8. The van der Waals surface area contributed by atoms with Crippen molar-refractivity contribution in [3.05, 3.63) is 87.2 Å². The zero-order chi connectivity index (χ0) is 25.3. The number of halogens is 6. The lowest BCUT2D eigenvalue weighted by Gasteiger charge is -2.13. The standard InChI is InChI=1S/C23H19ClF5N3O2/c1-22(25,26)20-18(23(27,28)29)19(32(2)31-20)17(33)11-14-8-9-16(24)15(10-14)21(34)30-12-13-6-4-3-5-7-13/h3-10H,11-12H2,1-2H3,(H,30,34). The van der Waals surface area contributed by atoms with Gasteiger partial charge in [0, 0.05) is 26.9 Å². The molecular formula is C23H19ClF5N3O2. The lowest BCUT2D eigenvalue weighted by atomic mass is 10.00. The van der Waals surface area contributed by atoms with Crippen LogP contribution in [0, 0.1) is 0 Å². The minimum Gasteiger partial charge on any atom is -0.348 e. The van der Waals surface area contributed by atoms with Crippen molar-refractivity contribution in [3.8, 4) is 0 Å². The van der Waals surface area contributed by atoms with Crippen LogP contribution in [0.2, 0.25) is 5.02 Å². The minimum atomic E-state index is -5.23. The molecule has 0 saturated heterocycles. The van der Waals surface area contributed by atoms with Crippen LogP contribution in [-0.2, 0) is 32.1 Å². The van der Waals surface area contributed by atoms with Crippen molar-refractivity contribution in [2.45, 2.75) is 32.0 Å². The number of rotatable bonds is 7. The minimum absolute atomic E-state index is 0.0183. The molecule has 0 saturated carbocycles. The number of nitrogens with zero attached hydrogens (tertiary/aromatic N) is 2. The molecule has 3 rings (SSSR count). The van der Waals surface area contributed by atoms with E-state index in [4.69, 9.17) is 11.6 Å². The monoisotopic (exact) mass is 499 g/mol. The lowest BCUT2D eigenvalue weighted by molar-refractivity contribution is -0.141. The smallest absolute Gasteiger partial charge is 0.348 e. The molecule has 1 aromatic heterocycles. The fraction of sp³-hybridized carbons (Fsp3) is 0.261. The van der Waals surface area contributed by atoms with Crippen molar-refractivity contribution in [2.75, 3.05) is 0 Å². The van der Waals surface area contributed by atoms with Crippen LogP contribution in [0.3, 0.4) is 0 Å². The van der Waals surface area contributed by atoms with Crippen LogP contribution in [0.15, 0.2) is 48.5 Å². The molecule has 5 nitrogen and oxygen atoms in total. The Kier molecular flexibility index (Phi) is 7.11. The molecule has 1 amide bonds. The first kappa shape index (κ1) is 25.4. The third-order valence-corrected chi connectivity index (χ3v) is 5.28. The van der Waals surface area contributed by atoms with E-state index in [-0.39, 0.29) is 29.6 Å². The van der Waals surface area contributed by atoms with Gasteiger partial charge in [0.05, 0.1) is 10.6 Å². The van der Waals surface area contributed by atoms with Gasteiger partial charge < -0.3 is 5.32 Å². The van der Waals surface area contributed by atoms with Crippen LogP contribution in [0.25, 0.3) is 0 Å². The first-order valence-electron chi connectivity index (χ1n) is 9.95. The van der Waals surface area contributed by atoms with Gasteiger partial charge in [-0.1, -0.05) is 48.0 Å². The van der Waals surface area contributed by atoms with Gasteiger partial charge in [-0.3, -0.25) is 14.3 Å². The first-order valence-corrected chi connectivity index (χ1v) is 10.3. The average molecular weight is 500 g/mol. The Morgan fingerprint density at radius 1 is 1.03 bits per heavy atom. The molecule has 0 fully saturated rings. The molecule has 0 aliphatic rings. The van der Waals surface area contributed by atoms with Gasteiger partial charge in [-0.05, 0) is 23.3 Å². The summed E-state index contributed by atoms with van der Waals surface area (Å²) in [5, 5.41) is 6.01. The summed E-state index contributed by atoms with van der Waals surface area (Å²) < 4.78 is 68.8. The topological polar surface area (TPSA) is 64.0 Å². The predicted octanol–water partition coefficient (Wildman–Crippen LogP) is 5.56. The largest absolute Gasteiger partial charge is 0.420 e. The van der Waals surface area contributed by atoms with Crippen molar-refractivity contribution < 1.29 is 31.5 Å². The molecule has 0 bridgehead atoms. The number of amides is 1. The Balaban J connectivity index is 1.87. The number of nitrogens with one attached hydrogen (secondary N) is 1. The molecule has 0 radical (unpaired) electrons. The average Bonchev–Trinajstić information content (AvgIpc) is 3.12. The Hall–Kier alpha value is -3.27. The van der Waals surface area contributed by atoms with E-state index in [1.807, 2.05) is 6.07 Å². The number of hydrogen-bond donors (Lipinski definition) is 1. The number of carbonyl (C=O) groups is 2. The summed E-state index contributed by atoms with van der Waals surface area (Å²) in [7, 11) is 0.988. The van der Waals surface area contributed by atoms with Crippen molar-refractivity contribution in [1.29, 1.82) is 0 Å². The van der Waals surface area contributed by atoms with Crippen LogP contribution in [0.1, 0.15) is 50.2 Å². The molecule has 0 spiro atoms. The third-order valence-electron chi connectivity index (χ3n) is 4.95. The fourth-order valence-corrected chi connectivity index (χ4v) is 3.62. The van der Waals surface area contributed by atoms with Gasteiger partial charge in [0.1, 0.15) is 17.0 Å². The summed E-state index contributed by atoms with van der Waals surface area (Å²) >= 11 is 6.10. The second-order valence-electron chi connectivity index (χ2n) is 7.66. The van der Waals surface area contributed by atoms with E-state index in [2.05, 4.69) is 10.4 Å². The Bertz CT molecular complexity index is 1220. The van der Waals surface area contributed by atoms with Crippen molar-refractivity contribution >= 4 is 23.3 Å². The number of alkyl halides is 5. The summed E-state index contributed by atoms with van der Waals surface area (Å²) in [6, 6.07) is 13.0. The summed E-state index contributed by atoms with van der Waals surface area (Å²) in [5.41, 5.74) is -3.26. The predicted molar refractivity (Wildman–Crippen MR) is 115 cm³/mol. The number of Topliss-reactive ketones (excluding diaryl/α,β-unsaturated/α-hetero) is 1. The maximum Gasteiger partial charge on any atom is 0.420 e. The number of hydrogen-bond acceptors (Lipinski definition) is 3. The second kappa shape index (κ2) is 9.54. The Morgan fingerprint density at radius 3 is 2.26 bits per heavy atom. The van der Waals surface area contributed by atoms with Crippen molar-refractivity contribution in [1.82, 2.24) is 15.1 Å². The third kappa shape index (κ3) is 5.61. The van der Waals surface area contributed by atoms with Crippen LogP contribution in [-0.4, -0.2) is 21.5 Å². The molecule has 34 heavy (non-hydrogen) atoms. The molecule has 2 aromatic carbocycles. The number of carbonyl (C=O) groups excluding carboxylic acids is 2. The molecule has 1 heterocycles. The zero-order valence-electron chi connectivity index (χ0n) is 18.0. The molecule has 1 N–H and O–H groups in total. The highest BCUT2D eigenvalue weighted by Crippen LogP contribution is 2.41. The van der Waals surface area contributed by atoms with Crippen molar-refractivity contribution in [3.63, 3.8) is 0 Å². The van der Waals surface area contributed by atoms with Crippen LogP contribution >= 0.6 is 11.6 Å². The van der Waals surface area contributed by atoms with Gasteiger partial charge in [-0.25, -0.2) is 0 Å². The van der Waals surface area contributed by atoms with Crippen LogP contribution in [0.5, 0.6) is 0 Å². The van der Waals surface area contributed by atoms with Gasteiger partial charge >= 0.3 is 6.18 Å². The van der Waals surface area contributed by atoms with E-state index in [1.54, 1.807) is 24.3 Å². The summed E-state index contributed by atoms with van der Waals surface area (Å²) in [6.45, 7) is 0.482. The van der Waals surface area contributed by atoms with Gasteiger partial charge in [-0.15, -0.1) is 0 Å². The number of benzene rings is 2. The highest BCUT2D eigenvalue weighted by molar-refractivity contribution is 6.33. The quantitative estimate of drug-likeness (QED) is 0.342.